The average molecular weight is 939 g/mol. The van der Waals surface area contributed by atoms with Crippen LogP contribution in [0.1, 0.15) is 16.7 Å². The van der Waals surface area contributed by atoms with Gasteiger partial charge in [0, 0.05) is 64.3 Å². The fourth-order valence-electron chi connectivity index (χ4n) is 12.0. The van der Waals surface area contributed by atoms with Gasteiger partial charge < -0.3 is 15.0 Å². The van der Waals surface area contributed by atoms with Crippen molar-refractivity contribution in [2.24, 2.45) is 0 Å². The summed E-state index contributed by atoms with van der Waals surface area (Å²) < 4.78 is 13.5. The van der Waals surface area contributed by atoms with E-state index in [1.807, 2.05) is 42.5 Å². The summed E-state index contributed by atoms with van der Waals surface area (Å²) in [6, 6.07) is 56.3. The van der Waals surface area contributed by atoms with Crippen molar-refractivity contribution in [2.45, 2.75) is 0 Å². The topological polar surface area (TPSA) is 106 Å². The molecule has 0 atom stereocenters. The van der Waals surface area contributed by atoms with Crippen LogP contribution < -0.4 is 77.0 Å². The Bertz CT molecular complexity index is 3780. The number of para-hydroxylation sites is 3. The molecule has 0 amide bonds. The van der Waals surface area contributed by atoms with Gasteiger partial charge in [0.15, 0.2) is 0 Å². The molecule has 0 fully saturated rings. The standard InChI is InChI=1S/C54H33B3N8OS3/c1-67-63-43-25-40-36(55-34-13-7-9-15-42(34)62(33-11-5-4-6-12-33)46-18-30(27-58)17-41(61-40)52(46)55)23-37(43)57-39-24-38-44(26-45(39)64(68-2)48-20-31(28-59)19-47(63)53(48)57)65(69-3)49-21-32(29-60)22-51-54(49)56(38)35-14-8-10-16-50(35)66-51/h4-26,61H,1-3H3. The summed E-state index contributed by atoms with van der Waals surface area (Å²) in [5.41, 5.74) is 23.1. The molecule has 0 aromatic heterocycles. The van der Waals surface area contributed by atoms with Crippen molar-refractivity contribution in [3.05, 3.63) is 156 Å². The molecule has 6 heterocycles. The molecule has 14 rings (SSSR count). The molecule has 0 saturated carbocycles. The summed E-state index contributed by atoms with van der Waals surface area (Å²) in [6.45, 7) is -0.503. The van der Waals surface area contributed by atoms with Crippen molar-refractivity contribution in [1.29, 1.82) is 15.8 Å². The van der Waals surface area contributed by atoms with Crippen LogP contribution in [0.4, 0.5) is 62.6 Å². The summed E-state index contributed by atoms with van der Waals surface area (Å²) in [5.74, 6) is 1.49. The number of nitrogens with one attached hydrogen (secondary N) is 1. The minimum Gasteiger partial charge on any atom is -0.458 e. The molecule has 322 valence electrons. The number of nitriles is 3. The van der Waals surface area contributed by atoms with Crippen molar-refractivity contribution in [3.8, 4) is 29.7 Å². The van der Waals surface area contributed by atoms with E-state index in [0.29, 0.717) is 22.4 Å². The van der Waals surface area contributed by atoms with Crippen molar-refractivity contribution in [1.82, 2.24) is 0 Å². The normalized spacial score (nSPS) is 14.2. The minimum absolute atomic E-state index is 0.138. The minimum atomic E-state index is -0.212. The Morgan fingerprint density at radius 3 is 1.61 bits per heavy atom. The van der Waals surface area contributed by atoms with Crippen LogP contribution in [0.5, 0.6) is 11.5 Å². The predicted octanol–water partition coefficient (Wildman–Crippen LogP) is 6.98. The maximum absolute atomic E-state index is 10.6. The summed E-state index contributed by atoms with van der Waals surface area (Å²) in [6.07, 6.45) is 6.29. The van der Waals surface area contributed by atoms with Crippen LogP contribution in [0, 0.1) is 34.0 Å². The lowest BCUT2D eigenvalue weighted by Crippen LogP contribution is -2.66. The second-order valence-corrected chi connectivity index (χ2v) is 20.0. The first kappa shape index (κ1) is 40.4. The summed E-state index contributed by atoms with van der Waals surface area (Å²) in [5, 5.41) is 35.3. The fourth-order valence-corrected chi connectivity index (χ4v) is 14.2. The van der Waals surface area contributed by atoms with Crippen LogP contribution in [0.2, 0.25) is 0 Å². The molecular weight excluding hydrogens is 905 g/mol. The molecule has 6 aliphatic rings. The lowest BCUT2D eigenvalue weighted by atomic mass is 9.29. The van der Waals surface area contributed by atoms with E-state index in [4.69, 9.17) is 4.74 Å². The number of hydrogen-bond acceptors (Lipinski definition) is 12. The van der Waals surface area contributed by atoms with Crippen LogP contribution in [0.3, 0.4) is 0 Å². The Hall–Kier alpha value is -7.73. The van der Waals surface area contributed by atoms with Crippen molar-refractivity contribution >= 4 is 168 Å². The number of fused-ring (bicyclic) bond motifs is 12. The largest absolute Gasteiger partial charge is 0.458 e. The van der Waals surface area contributed by atoms with E-state index in [2.05, 4.69) is 157 Å². The van der Waals surface area contributed by atoms with Gasteiger partial charge in [-0.3, -0.25) is 12.9 Å². The van der Waals surface area contributed by atoms with Crippen LogP contribution in [-0.4, -0.2) is 38.9 Å². The fraction of sp³-hybridized carbons (Fsp3) is 0.0556. The van der Waals surface area contributed by atoms with Gasteiger partial charge in [0.05, 0.1) is 52.0 Å². The maximum atomic E-state index is 10.6. The second kappa shape index (κ2) is 14.9. The molecule has 69 heavy (non-hydrogen) atoms. The van der Waals surface area contributed by atoms with Gasteiger partial charge in [0.1, 0.15) is 11.5 Å². The van der Waals surface area contributed by atoms with Crippen LogP contribution in [0.25, 0.3) is 0 Å². The third-order valence-electron chi connectivity index (χ3n) is 14.6. The third kappa shape index (κ3) is 5.42. The van der Waals surface area contributed by atoms with Gasteiger partial charge in [-0.1, -0.05) is 66.7 Å². The lowest BCUT2D eigenvalue weighted by molar-refractivity contribution is 0.487. The highest BCUT2D eigenvalue weighted by Crippen LogP contribution is 2.47. The highest BCUT2D eigenvalue weighted by atomic mass is 32.2. The quantitative estimate of drug-likeness (QED) is 0.146. The molecule has 6 aliphatic heterocycles. The zero-order valence-corrected chi connectivity index (χ0v) is 39.7. The number of benzene rings is 8. The first-order valence-corrected chi connectivity index (χ1v) is 26.1. The van der Waals surface area contributed by atoms with E-state index in [1.165, 1.54) is 21.9 Å². The lowest BCUT2D eigenvalue weighted by Gasteiger charge is -2.45. The van der Waals surface area contributed by atoms with Gasteiger partial charge in [-0.25, -0.2) is 0 Å². The van der Waals surface area contributed by atoms with Gasteiger partial charge in [-0.2, -0.15) is 15.8 Å². The molecule has 8 aromatic carbocycles. The molecule has 9 nitrogen and oxygen atoms in total. The van der Waals surface area contributed by atoms with E-state index in [-0.39, 0.29) is 20.1 Å². The highest BCUT2D eigenvalue weighted by molar-refractivity contribution is 8.01. The Labute approximate surface area is 413 Å². The molecule has 0 unspecified atom stereocenters. The highest BCUT2D eigenvalue weighted by Gasteiger charge is 2.49. The first-order chi connectivity index (χ1) is 33.9. The number of anilines is 11. The number of hydrogen-bond donors (Lipinski definition) is 1. The Kier molecular flexibility index (Phi) is 8.71. The number of rotatable bonds is 4. The molecule has 0 aliphatic carbocycles. The van der Waals surface area contributed by atoms with E-state index in [9.17, 15) is 15.8 Å². The zero-order valence-electron chi connectivity index (χ0n) is 37.3. The smallest absolute Gasteiger partial charge is 0.256 e. The summed E-state index contributed by atoms with van der Waals surface area (Å²) in [7, 11) is 0. The van der Waals surface area contributed by atoms with E-state index >= 15 is 0 Å². The molecule has 0 bridgehead atoms. The van der Waals surface area contributed by atoms with E-state index < -0.39 is 0 Å². The average Bonchev–Trinajstić information content (AvgIpc) is 3.39. The second-order valence-electron chi connectivity index (χ2n) is 17.8. The van der Waals surface area contributed by atoms with Gasteiger partial charge >= 0.3 is 0 Å². The Morgan fingerprint density at radius 2 is 0.942 bits per heavy atom. The maximum Gasteiger partial charge on any atom is 0.256 e. The number of ether oxygens (including phenoxy) is 1. The predicted molar refractivity (Wildman–Crippen MR) is 292 cm³/mol. The van der Waals surface area contributed by atoms with Gasteiger partial charge in [-0.15, -0.1) is 0 Å². The monoisotopic (exact) mass is 938 g/mol. The summed E-state index contributed by atoms with van der Waals surface area (Å²) >= 11 is 4.89. The third-order valence-corrected chi connectivity index (χ3v) is 16.9. The van der Waals surface area contributed by atoms with E-state index in [0.717, 1.165) is 95.6 Å². The van der Waals surface area contributed by atoms with Gasteiger partial charge in [-0.05, 0) is 158 Å². The van der Waals surface area contributed by atoms with Gasteiger partial charge in [0.25, 0.3) is 20.1 Å². The molecule has 15 heteroatoms. The van der Waals surface area contributed by atoms with Crippen molar-refractivity contribution in [3.63, 3.8) is 0 Å². The molecule has 8 aromatic rings. The van der Waals surface area contributed by atoms with Crippen molar-refractivity contribution < 1.29 is 4.74 Å². The molecule has 0 radical (unpaired) electrons. The molecular formula is C54H33B3N8OS3. The SMILES string of the molecule is CSN1c2cc3c(cc2B2c4ccccc4Oc4cc(C#N)cc1c42)B1c2cc4c(cc2N(SC)c2cc(C#N)cc(c21)N3SC)Nc1cc(C#N)cc2c1B4c1ccccc1N2c1ccccc1. The number of nitrogens with zero attached hydrogens (tertiary/aromatic N) is 7. The van der Waals surface area contributed by atoms with Crippen LogP contribution >= 0.6 is 35.8 Å². The van der Waals surface area contributed by atoms with E-state index in [1.54, 1.807) is 35.8 Å². The Morgan fingerprint density at radius 1 is 0.420 bits per heavy atom. The molecule has 1 N–H and O–H groups in total. The zero-order chi connectivity index (χ0) is 46.4. The van der Waals surface area contributed by atoms with Gasteiger partial charge in [0.2, 0.25) is 0 Å². The Balaban J connectivity index is 1.05. The molecule has 0 spiro atoms. The van der Waals surface area contributed by atoms with Crippen molar-refractivity contribution in [2.75, 3.05) is 41.9 Å². The van der Waals surface area contributed by atoms with Crippen LogP contribution in [0.15, 0.2) is 140 Å². The summed E-state index contributed by atoms with van der Waals surface area (Å²) in [4.78, 5) is 2.30. The first-order valence-electron chi connectivity index (χ1n) is 22.6. The molecule has 0 saturated heterocycles. The van der Waals surface area contributed by atoms with Crippen LogP contribution in [-0.2, 0) is 0 Å².